The van der Waals surface area contributed by atoms with Gasteiger partial charge in [-0.15, -0.1) is 0 Å². The van der Waals surface area contributed by atoms with Crippen LogP contribution in [0.3, 0.4) is 0 Å². The summed E-state index contributed by atoms with van der Waals surface area (Å²) in [7, 11) is 0. The van der Waals surface area contributed by atoms with Crippen LogP contribution in [0.2, 0.25) is 0 Å². The third kappa shape index (κ3) is 4.65. The molecule has 188 valence electrons. The number of halogens is 5. The third-order valence-corrected chi connectivity index (χ3v) is 5.79. The molecular weight excluding hydrogens is 497 g/mol. The summed E-state index contributed by atoms with van der Waals surface area (Å²) in [4.78, 5) is 20.4. The Morgan fingerprint density at radius 3 is 2.51 bits per heavy atom. The van der Waals surface area contributed by atoms with Crippen molar-refractivity contribution in [1.29, 1.82) is 0 Å². The lowest BCUT2D eigenvalue weighted by Gasteiger charge is -2.10. The van der Waals surface area contributed by atoms with Gasteiger partial charge in [0.2, 0.25) is 0 Å². The maximum Gasteiger partial charge on any atom is 0.416 e. The molecule has 5 rings (SSSR count). The lowest BCUT2D eigenvalue weighted by Crippen LogP contribution is -2.11. The molecule has 0 atom stereocenters. The van der Waals surface area contributed by atoms with Gasteiger partial charge < -0.3 is 10.2 Å². The second kappa shape index (κ2) is 9.12. The van der Waals surface area contributed by atoms with E-state index in [0.29, 0.717) is 46.2 Å². The van der Waals surface area contributed by atoms with Gasteiger partial charge in [0, 0.05) is 30.2 Å². The maximum absolute atomic E-state index is 15.1. The molecule has 0 aliphatic rings. The van der Waals surface area contributed by atoms with Crippen molar-refractivity contribution in [3.8, 4) is 22.5 Å². The number of alkyl halides is 3. The van der Waals surface area contributed by atoms with E-state index in [1.54, 1.807) is 12.3 Å². The van der Waals surface area contributed by atoms with Crippen LogP contribution in [0.4, 0.5) is 27.8 Å². The first-order valence-electron chi connectivity index (χ1n) is 10.8. The van der Waals surface area contributed by atoms with E-state index < -0.39 is 47.6 Å². The number of hydrogen-bond acceptors (Lipinski definition) is 6. The van der Waals surface area contributed by atoms with Crippen molar-refractivity contribution in [3.63, 3.8) is 0 Å². The molecule has 3 aromatic heterocycles. The molecule has 0 fully saturated rings. The molecule has 37 heavy (non-hydrogen) atoms. The first kappa shape index (κ1) is 24.1. The topological polar surface area (TPSA) is 99.3 Å². The van der Waals surface area contributed by atoms with Crippen molar-refractivity contribution in [2.24, 2.45) is 0 Å². The van der Waals surface area contributed by atoms with Crippen LogP contribution in [0.5, 0.6) is 0 Å². The van der Waals surface area contributed by atoms with Crippen LogP contribution in [0.15, 0.2) is 65.9 Å². The highest BCUT2D eigenvalue weighted by atomic mass is 19.4. The van der Waals surface area contributed by atoms with Crippen LogP contribution in [-0.2, 0) is 23.8 Å². The fraction of sp³-hybridized carbons (Fsp3) is 0.120. The largest absolute Gasteiger partial charge is 0.443 e. The number of nitrogen functional groups attached to an aromatic ring is 1. The number of nitrogens with two attached hydrogens (primary N) is 1. The van der Waals surface area contributed by atoms with Crippen molar-refractivity contribution < 1.29 is 31.2 Å². The first-order valence-corrected chi connectivity index (χ1v) is 10.8. The minimum Gasteiger partial charge on any atom is -0.443 e. The van der Waals surface area contributed by atoms with E-state index in [1.165, 1.54) is 35.6 Å². The molecule has 7 nitrogen and oxygen atoms in total. The molecule has 0 aliphatic heterocycles. The zero-order valence-corrected chi connectivity index (χ0v) is 18.8. The number of carbonyl (C=O) groups is 1. The molecule has 0 radical (unpaired) electrons. The number of carbonyl (C=O) groups excluding carboxylic acids is 1. The third-order valence-electron chi connectivity index (χ3n) is 5.79. The Morgan fingerprint density at radius 2 is 1.81 bits per heavy atom. The van der Waals surface area contributed by atoms with E-state index in [1.807, 2.05) is 0 Å². The minimum atomic E-state index is -4.68. The molecule has 0 bridgehead atoms. The van der Waals surface area contributed by atoms with Crippen LogP contribution in [-0.4, -0.2) is 25.4 Å². The SMILES string of the molecule is Nc1ncnn2cc(-c3cnco3)c(-c3ccc(CC(=O)Cc4cc(C(F)(F)F)ccc4F)c(F)c3)c12. The smallest absolute Gasteiger partial charge is 0.416 e. The Bertz CT molecular complexity index is 1630. The maximum atomic E-state index is 15.1. The minimum absolute atomic E-state index is 0.00455. The summed E-state index contributed by atoms with van der Waals surface area (Å²) in [6.45, 7) is 0. The lowest BCUT2D eigenvalue weighted by atomic mass is 9.96. The summed E-state index contributed by atoms with van der Waals surface area (Å²) in [6.07, 6.45) is -0.156. The molecule has 12 heteroatoms. The van der Waals surface area contributed by atoms with E-state index in [4.69, 9.17) is 10.2 Å². The number of ketones is 1. The molecule has 2 aromatic carbocycles. The van der Waals surface area contributed by atoms with Gasteiger partial charge in [0.25, 0.3) is 0 Å². The predicted molar refractivity (Wildman–Crippen MR) is 122 cm³/mol. The van der Waals surface area contributed by atoms with Crippen molar-refractivity contribution in [2.45, 2.75) is 19.0 Å². The highest BCUT2D eigenvalue weighted by Gasteiger charge is 2.31. The molecule has 0 aliphatic carbocycles. The molecule has 2 N–H and O–H groups in total. The summed E-state index contributed by atoms with van der Waals surface area (Å²) in [6, 6.07) is 5.96. The van der Waals surface area contributed by atoms with Crippen molar-refractivity contribution in [3.05, 3.63) is 89.8 Å². The van der Waals surface area contributed by atoms with Gasteiger partial charge in [-0.05, 0) is 41.0 Å². The summed E-state index contributed by atoms with van der Waals surface area (Å²) in [5.74, 6) is -1.83. The van der Waals surface area contributed by atoms with Crippen molar-refractivity contribution in [2.75, 3.05) is 5.73 Å². The standard InChI is InChI=1S/C25H16F5N5O2/c26-19-4-3-16(25(28,29)30)5-15(19)7-17(36)6-13-1-2-14(8-20(13)27)22-18(21-9-32-12-37-21)10-35-23(22)24(31)33-11-34-35/h1-5,8-12H,6-7H2,(H2,31,33,34). The molecule has 0 amide bonds. The van der Waals surface area contributed by atoms with Crippen LogP contribution >= 0.6 is 0 Å². The molecule has 5 aromatic rings. The number of anilines is 1. The molecule has 0 spiro atoms. The highest BCUT2D eigenvalue weighted by Crippen LogP contribution is 2.39. The Hall–Kier alpha value is -4.61. The molecule has 0 unspecified atom stereocenters. The van der Waals surface area contributed by atoms with Crippen molar-refractivity contribution in [1.82, 2.24) is 19.6 Å². The normalized spacial score (nSPS) is 11.8. The van der Waals surface area contributed by atoms with E-state index in [2.05, 4.69) is 15.1 Å². The van der Waals surface area contributed by atoms with Gasteiger partial charge in [-0.25, -0.2) is 23.3 Å². The Balaban J connectivity index is 1.46. The van der Waals surface area contributed by atoms with Gasteiger partial charge in [-0.1, -0.05) is 12.1 Å². The summed E-state index contributed by atoms with van der Waals surface area (Å²) in [5, 5.41) is 4.13. The van der Waals surface area contributed by atoms with Gasteiger partial charge in [0.15, 0.2) is 18.0 Å². The van der Waals surface area contributed by atoms with Gasteiger partial charge in [-0.2, -0.15) is 18.3 Å². The number of aromatic nitrogens is 4. The van der Waals surface area contributed by atoms with E-state index in [-0.39, 0.29) is 11.4 Å². The molecule has 3 heterocycles. The lowest BCUT2D eigenvalue weighted by molar-refractivity contribution is -0.137. The van der Waals surface area contributed by atoms with Crippen LogP contribution in [0.25, 0.3) is 28.0 Å². The van der Waals surface area contributed by atoms with E-state index in [9.17, 15) is 22.4 Å². The highest BCUT2D eigenvalue weighted by molar-refractivity contribution is 5.97. The number of hydrogen-bond donors (Lipinski definition) is 1. The average Bonchev–Trinajstić information content (AvgIpc) is 3.50. The second-order valence-electron chi connectivity index (χ2n) is 8.22. The second-order valence-corrected chi connectivity index (χ2v) is 8.22. The van der Waals surface area contributed by atoms with Crippen LogP contribution in [0, 0.1) is 11.6 Å². The van der Waals surface area contributed by atoms with Crippen LogP contribution < -0.4 is 5.73 Å². The predicted octanol–water partition coefficient (Wildman–Crippen LogP) is 5.28. The molecular formula is C25H16F5N5O2. The van der Waals surface area contributed by atoms with Crippen molar-refractivity contribution >= 4 is 17.1 Å². The van der Waals surface area contributed by atoms with Gasteiger partial charge in [-0.3, -0.25) is 4.79 Å². The average molecular weight is 513 g/mol. The Kier molecular flexibility index (Phi) is 5.94. The Morgan fingerprint density at radius 1 is 1.03 bits per heavy atom. The van der Waals surface area contributed by atoms with Gasteiger partial charge >= 0.3 is 6.18 Å². The van der Waals surface area contributed by atoms with E-state index in [0.717, 1.165) is 0 Å². The quantitative estimate of drug-likeness (QED) is 0.310. The number of rotatable bonds is 6. The van der Waals surface area contributed by atoms with E-state index >= 15 is 4.39 Å². The number of fused-ring (bicyclic) bond motifs is 1. The van der Waals surface area contributed by atoms with Gasteiger partial charge in [0.1, 0.15) is 29.3 Å². The summed E-state index contributed by atoms with van der Waals surface area (Å²) >= 11 is 0. The molecule has 0 saturated heterocycles. The Labute approximate surface area is 205 Å². The van der Waals surface area contributed by atoms with Crippen LogP contribution in [0.1, 0.15) is 16.7 Å². The monoisotopic (exact) mass is 513 g/mol. The molecule has 0 saturated carbocycles. The fourth-order valence-corrected chi connectivity index (χ4v) is 4.08. The zero-order valence-electron chi connectivity index (χ0n) is 18.8. The van der Waals surface area contributed by atoms with Gasteiger partial charge in [0.05, 0.1) is 11.8 Å². The number of Topliss-reactive ketones (excluding diaryl/α,β-unsaturated/α-hetero) is 1. The number of nitrogens with zero attached hydrogens (tertiary/aromatic N) is 4. The number of oxazole rings is 1. The number of benzene rings is 2. The summed E-state index contributed by atoms with van der Waals surface area (Å²) < 4.78 is 74.9. The first-order chi connectivity index (χ1) is 17.6. The zero-order chi connectivity index (χ0) is 26.3. The fourth-order valence-electron chi connectivity index (χ4n) is 4.08. The summed E-state index contributed by atoms with van der Waals surface area (Å²) in [5.41, 5.74) is 6.35.